The van der Waals surface area contributed by atoms with Gasteiger partial charge in [-0.15, -0.1) is 5.92 Å². The first-order valence-electron chi connectivity index (χ1n) is 42.4. The van der Waals surface area contributed by atoms with Gasteiger partial charge in [-0.25, -0.2) is 24.0 Å². The fourth-order valence-electron chi connectivity index (χ4n) is 15.9. The number of carbonyl (C=O) groups is 5. The summed E-state index contributed by atoms with van der Waals surface area (Å²) in [6.45, 7) is 19.0. The fraction of sp³-hybridized carbons (Fsp3) is 0.262. The Balaban J connectivity index is 0.000000209. The van der Waals surface area contributed by atoms with Gasteiger partial charge in [0.05, 0.1) is 71.7 Å². The quantitative estimate of drug-likeness (QED) is 0.0142. The molecule has 0 spiro atoms. The van der Waals surface area contributed by atoms with Crippen LogP contribution in [0.1, 0.15) is 204 Å². The van der Waals surface area contributed by atoms with E-state index in [1.54, 1.807) is 43.3 Å². The minimum atomic E-state index is -0.868. The summed E-state index contributed by atoms with van der Waals surface area (Å²) in [6.07, 6.45) is 22.8. The van der Waals surface area contributed by atoms with E-state index < -0.39 is 5.97 Å². The van der Waals surface area contributed by atoms with Crippen molar-refractivity contribution in [3.63, 3.8) is 0 Å². The predicted molar refractivity (Wildman–Crippen MR) is 527 cm³/mol. The summed E-state index contributed by atoms with van der Waals surface area (Å²) in [6, 6.07) is 80.0. The molecule has 1 fully saturated rings. The first-order valence-corrected chi connectivity index (χ1v) is 44.4. The third kappa shape index (κ3) is 27.4. The average molecular weight is 2000 g/mol. The number of halogens is 2. The summed E-state index contributed by atoms with van der Waals surface area (Å²) in [7, 11) is 0. The molecule has 14 aromatic rings. The Morgan fingerprint density at radius 2 is 0.882 bits per heavy atom. The second-order valence-corrected chi connectivity index (χ2v) is 32.5. The number of nitrogens with two attached hydrogens (primary N) is 1. The van der Waals surface area contributed by atoms with Crippen molar-refractivity contribution in [2.45, 2.75) is 157 Å². The van der Waals surface area contributed by atoms with Crippen LogP contribution in [-0.4, -0.2) is 96.3 Å². The number of H-pyrrole nitrogens is 2. The minimum absolute atomic E-state index is 0. The minimum Gasteiger partial charge on any atom is -0.870 e. The maximum Gasteiger partial charge on any atom is 1.00 e. The zero-order valence-corrected chi connectivity index (χ0v) is 83.6. The van der Waals surface area contributed by atoms with Crippen LogP contribution >= 0.6 is 38.5 Å². The Kier molecular flexibility index (Phi) is 42.7. The number of rotatable bonds is 15. The van der Waals surface area contributed by atoms with Crippen LogP contribution in [0.25, 0.3) is 88.5 Å². The van der Waals surface area contributed by atoms with Crippen molar-refractivity contribution >= 4 is 118 Å². The van der Waals surface area contributed by atoms with Crippen molar-refractivity contribution in [1.29, 1.82) is 0 Å². The number of nitrogens with one attached hydrogen (secondary N) is 2. The number of aromatic amines is 2. The molecule has 3 aliphatic rings. The van der Waals surface area contributed by atoms with Gasteiger partial charge in [-0.2, -0.15) is 0 Å². The summed E-state index contributed by atoms with van der Waals surface area (Å²) in [5, 5.41) is 13.7. The van der Waals surface area contributed by atoms with Crippen molar-refractivity contribution in [2.75, 3.05) is 32.2 Å². The van der Waals surface area contributed by atoms with Crippen LogP contribution in [0.2, 0.25) is 0 Å². The molecule has 0 aliphatic heterocycles. The van der Waals surface area contributed by atoms with Crippen LogP contribution in [0.4, 0.5) is 5.69 Å². The summed E-state index contributed by atoms with van der Waals surface area (Å²) in [5.74, 6) is 3.80. The second kappa shape index (κ2) is 52.3. The van der Waals surface area contributed by atoms with Gasteiger partial charge >= 0.3 is 98.7 Å². The van der Waals surface area contributed by atoms with Crippen molar-refractivity contribution in [3.8, 4) is 56.7 Å². The van der Waals surface area contributed by atoms with Gasteiger partial charge in [0.15, 0.2) is 0 Å². The Hall–Kier alpha value is -10.3. The maximum absolute atomic E-state index is 12.2. The van der Waals surface area contributed by atoms with Crippen LogP contribution in [0.3, 0.4) is 0 Å². The number of alkyl halides is 1. The molecule has 1 saturated carbocycles. The zero-order valence-electron chi connectivity index (χ0n) is 73.5. The maximum atomic E-state index is 12.2. The van der Waals surface area contributed by atoms with Gasteiger partial charge in [0.25, 0.3) is 0 Å². The predicted octanol–water partition coefficient (Wildman–Crippen LogP) is 23.8. The molecule has 0 saturated heterocycles. The van der Waals surface area contributed by atoms with E-state index in [4.69, 9.17) is 24.7 Å². The number of aromatic carboxylic acids is 1. The van der Waals surface area contributed by atoms with Gasteiger partial charge < -0.3 is 59.8 Å². The standard InChI is InChI=1S/C24H25NO2.C22H23NO2.2C18H17NO2.C9H10INO2.C9H8.C6H9Br.CH4.Cs.2H2O/c1-3-27-24(26)19-14-15-22-21(16-19)17(2)23(18-10-6-4-7-11-18)25(22)20-12-8-5-9-13-20;1-15-19-14-17(22(24)25)12-13-20(19)23(18-10-6-3-7-11-18)21(15)16-8-4-2-5-9-16;1-3-21-18(20)14-9-10-16-15(11-14)17(12(2)19-16)13-7-5-4-6-8-13;1-3-21-18(20)14-9-10-16-15(11-14)12(2)17(19-16)13-7-5-4-6-8-13;1-2-13-9(12)6-3-4-8(11)7(10)5-6;1-2-6-9-7-4-3-5-8-9;7-6-4-2-1-3-5-6;;;;/h4,6-8,10-12,14-16,20H,3,5,9,13H2,1-2H3;2,4-5,8-9,12-14,18H,3,6-7,10-11H2,1H3,(H,24,25);2*4-11,19H,3H2,1-2H3;3-5H,2,11H2,1H3;3-5,7-8H,1H3;2,4,6H,1,3,5H2;1H4;;2*1H2/q;;;;;;;;+1;;/p-1. The third-order valence-corrected chi connectivity index (χ3v) is 23.5. The van der Waals surface area contributed by atoms with E-state index in [0.717, 1.165) is 93.7 Å². The first kappa shape index (κ1) is 104. The molecule has 0 radical (unpaired) electrons. The first-order chi connectivity index (χ1) is 59.7. The van der Waals surface area contributed by atoms with Gasteiger partial charge in [0, 0.05) is 86.3 Å². The molecule has 127 heavy (non-hydrogen) atoms. The fourth-order valence-corrected chi connectivity index (χ4v) is 17.0. The zero-order chi connectivity index (χ0) is 87.3. The number of benzene rings is 10. The van der Waals surface area contributed by atoms with Crippen molar-refractivity contribution in [1.82, 2.24) is 19.1 Å². The number of hydrogen-bond acceptors (Lipinski definition) is 11. The number of nitrogen functional groups attached to an aromatic ring is 1. The summed E-state index contributed by atoms with van der Waals surface area (Å²) >= 11 is 5.58. The third-order valence-electron chi connectivity index (χ3n) is 21.8. The molecule has 10 aromatic carbocycles. The summed E-state index contributed by atoms with van der Waals surface area (Å²) in [5.41, 5.74) is 28.5. The molecular weight excluding hydrogens is 1890 g/mol. The molecule has 17 rings (SSSR count). The number of aromatic nitrogens is 4. The normalized spacial score (nSPS) is 13.4. The SMILES string of the molecule is BrC1C=CCCC1.C.CC#Cc1ccccc1.CCOC(=O)c1ccc(N)c(I)c1.CCOC(=O)c1ccc2[nH]c(-c3ccccc3)c(C)c2c1.CCOC(=O)c1ccc2[nH]c(C)c(-c3ccccc3)c2c1.CCOC(=O)c1ccc2c(c1)c(C)c(-c1ccccc1)n2C1C=CCCC1.Cc1c(-c2ccccc2)n(C2CCCCC2)c2ccc(C(=O)O)cc12.O.[Cs+].[OH-]. The summed E-state index contributed by atoms with van der Waals surface area (Å²) in [4.78, 5) is 66.1. The van der Waals surface area contributed by atoms with Crippen molar-refractivity contribution in [2.24, 2.45) is 0 Å². The molecule has 0 amide bonds. The smallest absolute Gasteiger partial charge is 0.870 e. The number of ether oxygens (including phenoxy) is 4. The number of carbonyl (C=O) groups excluding carboxylic acids is 4. The molecular formula is C107H116BrCsIN5O12. The van der Waals surface area contributed by atoms with Crippen LogP contribution in [0.5, 0.6) is 0 Å². The van der Waals surface area contributed by atoms with Gasteiger partial charge in [-0.1, -0.05) is 212 Å². The second-order valence-electron chi connectivity index (χ2n) is 30.1. The van der Waals surface area contributed by atoms with Crippen molar-refractivity contribution in [3.05, 3.63) is 326 Å². The summed E-state index contributed by atoms with van der Waals surface area (Å²) < 4.78 is 26.0. The number of carboxylic acids is 1. The van der Waals surface area contributed by atoms with E-state index in [2.05, 4.69) is 193 Å². The van der Waals surface area contributed by atoms with E-state index >= 15 is 0 Å². The Morgan fingerprint density at radius 1 is 0.472 bits per heavy atom. The van der Waals surface area contributed by atoms with Crippen LogP contribution in [-0.2, 0) is 18.9 Å². The number of nitrogens with zero attached hydrogens (tertiary/aromatic N) is 2. The number of carboxylic acid groups (broad SMARTS) is 1. The van der Waals surface area contributed by atoms with E-state index in [9.17, 15) is 29.1 Å². The molecule has 656 valence electrons. The number of aryl methyl sites for hydroxylation is 4. The van der Waals surface area contributed by atoms with Crippen LogP contribution in [0.15, 0.2) is 267 Å². The van der Waals surface area contributed by atoms with Gasteiger partial charge in [-0.05, 0) is 278 Å². The molecule has 20 heteroatoms. The molecule has 3 aliphatic carbocycles. The Morgan fingerprint density at radius 3 is 1.33 bits per heavy atom. The molecule has 4 aromatic heterocycles. The molecule has 4 heterocycles. The number of esters is 4. The molecule has 17 nitrogen and oxygen atoms in total. The Bertz CT molecular complexity index is 6060. The van der Waals surface area contributed by atoms with Gasteiger partial charge in [0.1, 0.15) is 0 Å². The average Bonchev–Trinajstić information content (AvgIpc) is 1.60. The number of hydrogen-bond donors (Lipinski definition) is 4. The van der Waals surface area contributed by atoms with Crippen LogP contribution in [0, 0.1) is 43.1 Å². The van der Waals surface area contributed by atoms with E-state index in [-0.39, 0.29) is 111 Å². The Labute approximate surface area is 828 Å². The number of anilines is 1. The monoisotopic (exact) mass is 2000 g/mol. The number of allylic oxidation sites excluding steroid dienone is 4. The largest absolute Gasteiger partial charge is 1.00 e. The van der Waals surface area contributed by atoms with Crippen LogP contribution < -0.4 is 74.6 Å². The van der Waals surface area contributed by atoms with E-state index in [1.807, 2.05) is 162 Å². The molecule has 0 bridgehead atoms. The van der Waals surface area contributed by atoms with E-state index in [0.29, 0.717) is 76.8 Å². The van der Waals surface area contributed by atoms with E-state index in [1.165, 1.54) is 96.9 Å². The molecule has 2 unspecified atom stereocenters. The van der Waals surface area contributed by atoms with Crippen molar-refractivity contribution < 1.29 is 128 Å². The molecule has 8 N–H and O–H groups in total. The van der Waals surface area contributed by atoms with Gasteiger partial charge in [0.2, 0.25) is 0 Å². The topological polar surface area (TPSA) is 271 Å². The number of fused-ring (bicyclic) bond motifs is 4. The van der Waals surface area contributed by atoms with Gasteiger partial charge in [-0.3, -0.25) is 0 Å². The molecule has 2 atom stereocenters.